The predicted molar refractivity (Wildman–Crippen MR) is 84.3 cm³/mol. The number of hydrogen-bond acceptors (Lipinski definition) is 7. The maximum Gasteiger partial charge on any atom is 0.243 e. The smallest absolute Gasteiger partial charge is 0.243 e. The molecule has 1 N–H and O–H groups in total. The van der Waals surface area contributed by atoms with E-state index in [4.69, 9.17) is 4.74 Å². The van der Waals surface area contributed by atoms with Crippen molar-refractivity contribution in [3.63, 3.8) is 0 Å². The zero-order valence-electron chi connectivity index (χ0n) is 13.2. The van der Waals surface area contributed by atoms with Gasteiger partial charge in [-0.15, -0.1) is 0 Å². The quantitative estimate of drug-likeness (QED) is 0.632. The highest BCUT2D eigenvalue weighted by molar-refractivity contribution is 5.99. The van der Waals surface area contributed by atoms with Gasteiger partial charge in [-0.3, -0.25) is 0 Å². The van der Waals surface area contributed by atoms with Gasteiger partial charge in [0.15, 0.2) is 0 Å². The lowest BCUT2D eigenvalue weighted by molar-refractivity contribution is -0.307. The summed E-state index contributed by atoms with van der Waals surface area (Å²) in [5.74, 6) is -0.412. The molecule has 0 saturated heterocycles. The Morgan fingerprint density at radius 3 is 2.61 bits per heavy atom. The monoisotopic (exact) mass is 313 g/mol. The molecule has 0 fully saturated rings. The maximum absolute atomic E-state index is 10.4. The number of ether oxygens (including phenoxy) is 1. The van der Waals surface area contributed by atoms with Crippen molar-refractivity contribution in [2.24, 2.45) is 5.10 Å². The summed E-state index contributed by atoms with van der Waals surface area (Å²) in [6.07, 6.45) is 0. The lowest BCUT2D eigenvalue weighted by Crippen LogP contribution is -2.28. The Kier molecular flexibility index (Phi) is 5.24. The molecule has 0 saturated carbocycles. The third-order valence-electron chi connectivity index (χ3n) is 2.91. The van der Waals surface area contributed by atoms with Crippen LogP contribution in [-0.2, 0) is 4.79 Å². The number of hydrogen-bond donors (Lipinski definition) is 1. The molecule has 1 heterocycles. The lowest BCUT2D eigenvalue weighted by Gasteiger charge is -2.08. The summed E-state index contributed by atoms with van der Waals surface area (Å²) < 4.78 is 5.09. The van der Waals surface area contributed by atoms with Gasteiger partial charge in [0, 0.05) is 17.0 Å². The van der Waals surface area contributed by atoms with Crippen LogP contribution in [0.2, 0.25) is 0 Å². The molecular weight excluding hydrogens is 296 g/mol. The van der Waals surface area contributed by atoms with Crippen LogP contribution < -0.4 is 15.3 Å². The van der Waals surface area contributed by atoms with Crippen LogP contribution >= 0.6 is 0 Å². The van der Waals surface area contributed by atoms with Gasteiger partial charge < -0.3 is 14.6 Å². The Labute approximate surface area is 134 Å². The van der Waals surface area contributed by atoms with Gasteiger partial charge in [-0.2, -0.15) is 5.10 Å². The minimum Gasteiger partial charge on any atom is -0.546 e. The molecule has 0 amide bonds. The highest BCUT2D eigenvalue weighted by Crippen LogP contribution is 2.14. The summed E-state index contributed by atoms with van der Waals surface area (Å²) in [5.41, 5.74) is 6.00. The number of aryl methyl sites for hydroxylation is 2. The number of carbonyl (C=O) groups is 1. The summed E-state index contributed by atoms with van der Waals surface area (Å²) >= 11 is 0. The van der Waals surface area contributed by atoms with Crippen molar-refractivity contribution < 1.29 is 14.6 Å². The first-order valence-corrected chi connectivity index (χ1v) is 6.99. The number of aliphatic carboxylic acids is 1. The van der Waals surface area contributed by atoms with Crippen LogP contribution in [0.5, 0.6) is 5.75 Å². The first kappa shape index (κ1) is 16.4. The Bertz CT molecular complexity index is 724. The van der Waals surface area contributed by atoms with Crippen LogP contribution in [0.25, 0.3) is 0 Å². The summed E-state index contributed by atoms with van der Waals surface area (Å²) in [5, 5.41) is 14.7. The number of carbonyl (C=O) groups excluding carboxylic acids is 1. The topological polar surface area (TPSA) is 99.5 Å². The van der Waals surface area contributed by atoms with Crippen molar-refractivity contribution in [2.75, 3.05) is 12.0 Å². The largest absolute Gasteiger partial charge is 0.546 e. The molecule has 1 aromatic carbocycles. The zero-order chi connectivity index (χ0) is 16.8. The molecule has 23 heavy (non-hydrogen) atoms. The van der Waals surface area contributed by atoms with E-state index in [0.29, 0.717) is 17.4 Å². The SMILES string of the molecule is C/C(=N/Nc1nc(C)cc(C)n1)c1cccc(OCC(=O)[O-])c1. The van der Waals surface area contributed by atoms with Crippen LogP contribution in [-0.4, -0.2) is 28.3 Å². The Morgan fingerprint density at radius 2 is 1.96 bits per heavy atom. The van der Waals surface area contributed by atoms with Crippen LogP contribution in [0.4, 0.5) is 5.95 Å². The van der Waals surface area contributed by atoms with Gasteiger partial charge in [-0.05, 0) is 39.0 Å². The lowest BCUT2D eigenvalue weighted by atomic mass is 10.1. The molecule has 0 aliphatic carbocycles. The first-order chi connectivity index (χ1) is 10.9. The molecule has 0 bridgehead atoms. The number of carboxylic acid groups (broad SMARTS) is 1. The van der Waals surface area contributed by atoms with Crippen molar-refractivity contribution >= 4 is 17.6 Å². The number of nitrogens with zero attached hydrogens (tertiary/aromatic N) is 3. The van der Waals surface area contributed by atoms with Gasteiger partial charge >= 0.3 is 0 Å². The van der Waals surface area contributed by atoms with Gasteiger partial charge in [0.2, 0.25) is 5.95 Å². The predicted octanol–water partition coefficient (Wildman–Crippen LogP) is 1.06. The molecule has 0 spiro atoms. The molecule has 0 aliphatic heterocycles. The zero-order valence-corrected chi connectivity index (χ0v) is 13.2. The number of carboxylic acids is 1. The van der Waals surface area contributed by atoms with E-state index in [9.17, 15) is 9.90 Å². The van der Waals surface area contributed by atoms with Crippen LogP contribution in [0.3, 0.4) is 0 Å². The second-order valence-electron chi connectivity index (χ2n) is 4.97. The molecule has 0 atom stereocenters. The molecular formula is C16H17N4O3-. The standard InChI is InChI=1S/C16H18N4O3/c1-10-7-11(2)18-16(17-10)20-19-12(3)13-5-4-6-14(8-13)23-9-15(21)22/h4-8H,9H2,1-3H3,(H,21,22)(H,17,18,20)/p-1/b19-12-. The maximum atomic E-state index is 10.4. The van der Waals surface area contributed by atoms with Gasteiger partial charge in [-0.25, -0.2) is 15.4 Å². The third-order valence-corrected chi connectivity index (χ3v) is 2.91. The van der Waals surface area contributed by atoms with Crippen molar-refractivity contribution in [1.82, 2.24) is 9.97 Å². The number of hydrazone groups is 1. The normalized spacial score (nSPS) is 11.2. The van der Waals surface area contributed by atoms with E-state index in [2.05, 4.69) is 20.5 Å². The second-order valence-corrected chi connectivity index (χ2v) is 4.97. The van der Waals surface area contributed by atoms with Gasteiger partial charge in [-0.1, -0.05) is 12.1 Å². The minimum atomic E-state index is -1.27. The highest BCUT2D eigenvalue weighted by Gasteiger charge is 2.02. The van der Waals surface area contributed by atoms with Crippen molar-refractivity contribution in [3.8, 4) is 5.75 Å². The number of benzene rings is 1. The van der Waals surface area contributed by atoms with Crippen LogP contribution in [0.15, 0.2) is 35.4 Å². The van der Waals surface area contributed by atoms with E-state index >= 15 is 0 Å². The fourth-order valence-corrected chi connectivity index (χ4v) is 1.93. The van der Waals surface area contributed by atoms with Crippen molar-refractivity contribution in [3.05, 3.63) is 47.3 Å². The molecule has 0 unspecified atom stereocenters. The third kappa shape index (κ3) is 5.06. The molecule has 7 nitrogen and oxygen atoms in total. The molecule has 0 radical (unpaired) electrons. The van der Waals surface area contributed by atoms with E-state index in [1.807, 2.05) is 32.9 Å². The Morgan fingerprint density at radius 1 is 1.26 bits per heavy atom. The van der Waals surface area contributed by atoms with Crippen LogP contribution in [0, 0.1) is 13.8 Å². The summed E-state index contributed by atoms with van der Waals surface area (Å²) in [7, 11) is 0. The van der Waals surface area contributed by atoms with E-state index < -0.39 is 12.6 Å². The second kappa shape index (κ2) is 7.35. The van der Waals surface area contributed by atoms with E-state index in [0.717, 1.165) is 17.0 Å². The molecule has 0 aliphatic rings. The molecule has 2 aromatic rings. The van der Waals surface area contributed by atoms with Gasteiger partial charge in [0.25, 0.3) is 0 Å². The number of anilines is 1. The average Bonchev–Trinajstić information content (AvgIpc) is 2.50. The fraction of sp³-hybridized carbons (Fsp3) is 0.250. The summed E-state index contributed by atoms with van der Waals surface area (Å²) in [6, 6.07) is 8.84. The molecule has 120 valence electrons. The molecule has 2 rings (SSSR count). The van der Waals surface area contributed by atoms with E-state index in [1.165, 1.54) is 0 Å². The number of nitrogens with one attached hydrogen (secondary N) is 1. The number of aromatic nitrogens is 2. The average molecular weight is 313 g/mol. The minimum absolute atomic E-state index is 0.422. The van der Waals surface area contributed by atoms with Crippen molar-refractivity contribution in [1.29, 1.82) is 0 Å². The fourth-order valence-electron chi connectivity index (χ4n) is 1.93. The van der Waals surface area contributed by atoms with E-state index in [1.54, 1.807) is 18.2 Å². The summed E-state index contributed by atoms with van der Waals surface area (Å²) in [4.78, 5) is 18.9. The first-order valence-electron chi connectivity index (χ1n) is 6.99. The van der Waals surface area contributed by atoms with Crippen molar-refractivity contribution in [2.45, 2.75) is 20.8 Å². The van der Waals surface area contributed by atoms with Gasteiger partial charge in [0.1, 0.15) is 12.4 Å². The summed E-state index contributed by atoms with van der Waals surface area (Å²) in [6.45, 7) is 5.09. The molecule has 7 heteroatoms. The molecule has 1 aromatic heterocycles. The number of rotatable bonds is 6. The van der Waals surface area contributed by atoms with Crippen LogP contribution in [0.1, 0.15) is 23.9 Å². The van der Waals surface area contributed by atoms with Gasteiger partial charge in [0.05, 0.1) is 11.7 Å². The Hall–Kier alpha value is -2.96. The Balaban J connectivity index is 2.11. The van der Waals surface area contributed by atoms with E-state index in [-0.39, 0.29) is 0 Å². The highest BCUT2D eigenvalue weighted by atomic mass is 16.5.